The second-order valence-electron chi connectivity index (χ2n) is 10.7. The Morgan fingerprint density at radius 2 is 1.76 bits per heavy atom. The van der Waals surface area contributed by atoms with E-state index in [9.17, 15) is 14.7 Å². The first kappa shape index (κ1) is 23.9. The number of aliphatic carboxylic acids is 1. The highest BCUT2D eigenvalue weighted by Gasteiger charge is 2.29. The molecule has 1 amide bonds. The van der Waals surface area contributed by atoms with Crippen molar-refractivity contribution in [1.82, 2.24) is 9.88 Å². The Balaban J connectivity index is 1.95. The molecule has 0 saturated carbocycles. The van der Waals surface area contributed by atoms with E-state index >= 15 is 0 Å². The van der Waals surface area contributed by atoms with Crippen molar-refractivity contribution >= 4 is 28.5 Å². The fourth-order valence-corrected chi connectivity index (χ4v) is 4.98. The van der Waals surface area contributed by atoms with Crippen molar-refractivity contribution in [2.45, 2.75) is 54.0 Å². The fraction of sp³-hybridized carbons (Fsp3) is 0.429. The summed E-state index contributed by atoms with van der Waals surface area (Å²) in [6.45, 7) is 12.6. The molecular formula is C28H35N3O3. The molecule has 0 aliphatic carbocycles. The van der Waals surface area contributed by atoms with Crippen molar-refractivity contribution in [3.63, 3.8) is 0 Å². The SMILES string of the molecule is Cc1ccc(-c2c(CC(=O)O)c(C)c3c4c2cc(C(=O)NCCC(C)(C)C)n4CCN3C)cc1. The summed E-state index contributed by atoms with van der Waals surface area (Å²) in [7, 11) is 2.04. The molecule has 1 aliphatic heterocycles. The number of nitrogens with one attached hydrogen (secondary N) is 1. The Kier molecular flexibility index (Phi) is 6.19. The van der Waals surface area contributed by atoms with Crippen LogP contribution in [-0.4, -0.2) is 41.7 Å². The van der Waals surface area contributed by atoms with Crippen LogP contribution in [0, 0.1) is 19.3 Å². The van der Waals surface area contributed by atoms with Gasteiger partial charge in [0.2, 0.25) is 0 Å². The zero-order valence-electron chi connectivity index (χ0n) is 21.1. The average Bonchev–Trinajstić information content (AvgIpc) is 3.12. The second kappa shape index (κ2) is 8.82. The van der Waals surface area contributed by atoms with Gasteiger partial charge in [-0.15, -0.1) is 0 Å². The molecule has 0 bridgehead atoms. The van der Waals surface area contributed by atoms with Gasteiger partial charge in [0, 0.05) is 32.1 Å². The predicted molar refractivity (Wildman–Crippen MR) is 138 cm³/mol. The van der Waals surface area contributed by atoms with Crippen LogP contribution < -0.4 is 10.2 Å². The van der Waals surface area contributed by atoms with E-state index in [2.05, 4.69) is 35.6 Å². The molecule has 2 N–H and O–H groups in total. The summed E-state index contributed by atoms with van der Waals surface area (Å²) in [6.07, 6.45) is 0.827. The highest BCUT2D eigenvalue weighted by Crippen LogP contribution is 2.44. The van der Waals surface area contributed by atoms with Gasteiger partial charge in [-0.05, 0) is 54.0 Å². The molecule has 0 fully saturated rings. The van der Waals surface area contributed by atoms with Gasteiger partial charge in [0.05, 0.1) is 17.6 Å². The molecule has 0 atom stereocenters. The van der Waals surface area contributed by atoms with Crippen molar-refractivity contribution in [2.24, 2.45) is 5.41 Å². The summed E-state index contributed by atoms with van der Waals surface area (Å²) in [5, 5.41) is 13.8. The zero-order chi connectivity index (χ0) is 24.8. The minimum absolute atomic E-state index is 0.0654. The summed E-state index contributed by atoms with van der Waals surface area (Å²) in [4.78, 5) is 27.4. The van der Waals surface area contributed by atoms with Crippen molar-refractivity contribution in [3.8, 4) is 11.1 Å². The van der Waals surface area contributed by atoms with E-state index in [0.29, 0.717) is 18.8 Å². The molecule has 6 nitrogen and oxygen atoms in total. The minimum Gasteiger partial charge on any atom is -0.481 e. The molecule has 2 aromatic carbocycles. The third-order valence-electron chi connectivity index (χ3n) is 6.80. The van der Waals surface area contributed by atoms with E-state index in [-0.39, 0.29) is 17.7 Å². The highest BCUT2D eigenvalue weighted by atomic mass is 16.4. The topological polar surface area (TPSA) is 74.6 Å². The smallest absolute Gasteiger partial charge is 0.307 e. The number of likely N-dealkylation sites (N-methyl/N-ethyl adjacent to an activating group) is 1. The Morgan fingerprint density at radius 3 is 2.38 bits per heavy atom. The Labute approximate surface area is 201 Å². The van der Waals surface area contributed by atoms with Gasteiger partial charge in [0.25, 0.3) is 5.91 Å². The molecule has 34 heavy (non-hydrogen) atoms. The fourth-order valence-electron chi connectivity index (χ4n) is 4.98. The molecule has 180 valence electrons. The van der Waals surface area contributed by atoms with Gasteiger partial charge in [0.1, 0.15) is 5.69 Å². The summed E-state index contributed by atoms with van der Waals surface area (Å²) in [5.74, 6) is -0.940. The quantitative estimate of drug-likeness (QED) is 0.531. The molecule has 3 aromatic rings. The molecule has 1 aliphatic rings. The maximum absolute atomic E-state index is 13.3. The van der Waals surface area contributed by atoms with Crippen LogP contribution >= 0.6 is 0 Å². The zero-order valence-corrected chi connectivity index (χ0v) is 21.1. The average molecular weight is 462 g/mol. The third-order valence-corrected chi connectivity index (χ3v) is 6.80. The number of carbonyl (C=O) groups is 2. The van der Waals surface area contributed by atoms with Crippen molar-refractivity contribution in [2.75, 3.05) is 25.0 Å². The van der Waals surface area contributed by atoms with Crippen LogP contribution in [0.4, 0.5) is 5.69 Å². The highest BCUT2D eigenvalue weighted by molar-refractivity contribution is 6.10. The van der Waals surface area contributed by atoms with Gasteiger partial charge < -0.3 is 19.9 Å². The van der Waals surface area contributed by atoms with E-state index in [1.807, 2.05) is 51.2 Å². The lowest BCUT2D eigenvalue weighted by Crippen LogP contribution is -2.33. The monoisotopic (exact) mass is 461 g/mol. The molecule has 2 heterocycles. The van der Waals surface area contributed by atoms with Gasteiger partial charge in [-0.25, -0.2) is 0 Å². The molecule has 1 aromatic heterocycles. The summed E-state index contributed by atoms with van der Waals surface area (Å²) >= 11 is 0. The number of anilines is 1. The lowest BCUT2D eigenvalue weighted by molar-refractivity contribution is -0.136. The van der Waals surface area contributed by atoms with E-state index in [1.54, 1.807) is 0 Å². The van der Waals surface area contributed by atoms with Crippen LogP contribution in [0.5, 0.6) is 0 Å². The molecule has 0 spiro atoms. The molecule has 0 saturated heterocycles. The van der Waals surface area contributed by atoms with Crippen molar-refractivity contribution < 1.29 is 14.7 Å². The maximum atomic E-state index is 13.3. The number of hydrogen-bond donors (Lipinski definition) is 2. The molecule has 4 rings (SSSR count). The van der Waals surface area contributed by atoms with Gasteiger partial charge in [-0.3, -0.25) is 9.59 Å². The largest absolute Gasteiger partial charge is 0.481 e. The number of hydrogen-bond acceptors (Lipinski definition) is 3. The number of benzene rings is 2. The number of nitrogens with zero attached hydrogens (tertiary/aromatic N) is 2. The van der Waals surface area contributed by atoms with Crippen molar-refractivity contribution in [1.29, 1.82) is 0 Å². The number of amides is 1. The Hall–Kier alpha value is -3.28. The lowest BCUT2D eigenvalue weighted by atomic mass is 9.88. The van der Waals surface area contributed by atoms with E-state index < -0.39 is 5.97 Å². The number of carboxylic acid groups (broad SMARTS) is 1. The van der Waals surface area contributed by atoms with Crippen molar-refractivity contribution in [3.05, 3.63) is 52.7 Å². The van der Waals surface area contributed by atoms with Gasteiger partial charge in [0.15, 0.2) is 0 Å². The first-order valence-corrected chi connectivity index (χ1v) is 11.9. The molecular weight excluding hydrogens is 426 g/mol. The summed E-state index contributed by atoms with van der Waals surface area (Å²) in [5.41, 5.74) is 7.61. The van der Waals surface area contributed by atoms with E-state index in [4.69, 9.17) is 0 Å². The number of rotatable bonds is 6. The first-order valence-electron chi connectivity index (χ1n) is 11.9. The minimum atomic E-state index is -0.860. The standard InChI is InChI=1S/C28H35N3O3/c1-17-7-9-19(10-8-17)24-20(16-23(32)33)18(2)25-26-21(24)15-22(31(26)14-13-30(25)6)27(34)29-12-11-28(3,4)5/h7-10,15H,11-14,16H2,1-6H3,(H,29,34)(H,32,33). The molecule has 0 radical (unpaired) electrons. The van der Waals surface area contributed by atoms with E-state index in [0.717, 1.165) is 57.4 Å². The van der Waals surface area contributed by atoms with Crippen LogP contribution in [-0.2, 0) is 17.8 Å². The van der Waals surface area contributed by atoms with Gasteiger partial charge >= 0.3 is 5.97 Å². The summed E-state index contributed by atoms with van der Waals surface area (Å²) < 4.78 is 2.12. The summed E-state index contributed by atoms with van der Waals surface area (Å²) in [6, 6.07) is 10.1. The maximum Gasteiger partial charge on any atom is 0.307 e. The Bertz CT molecular complexity index is 1260. The second-order valence-corrected chi connectivity index (χ2v) is 10.7. The number of carbonyl (C=O) groups excluding carboxylic acids is 1. The Morgan fingerprint density at radius 1 is 1.09 bits per heavy atom. The third kappa shape index (κ3) is 4.41. The number of carboxylic acids is 1. The van der Waals surface area contributed by atoms with Crippen LogP contribution in [0.1, 0.15) is 54.4 Å². The van der Waals surface area contributed by atoms with Gasteiger partial charge in [-0.1, -0.05) is 50.6 Å². The number of aromatic nitrogens is 1. The number of aryl methyl sites for hydroxylation is 1. The lowest BCUT2D eigenvalue weighted by Gasteiger charge is -2.31. The van der Waals surface area contributed by atoms with Crippen LogP contribution in [0.25, 0.3) is 22.0 Å². The molecule has 6 heteroatoms. The van der Waals surface area contributed by atoms with Crippen LogP contribution in [0.3, 0.4) is 0 Å². The first-order chi connectivity index (χ1) is 16.0. The van der Waals surface area contributed by atoms with Gasteiger partial charge in [-0.2, -0.15) is 0 Å². The molecule has 0 unspecified atom stereocenters. The van der Waals surface area contributed by atoms with E-state index in [1.165, 1.54) is 0 Å². The normalized spacial score (nSPS) is 13.4. The van der Waals surface area contributed by atoms with Crippen LogP contribution in [0.15, 0.2) is 30.3 Å². The van der Waals surface area contributed by atoms with Crippen LogP contribution in [0.2, 0.25) is 0 Å². The predicted octanol–water partition coefficient (Wildman–Crippen LogP) is 5.17.